The Morgan fingerprint density at radius 2 is 1.84 bits per heavy atom. The highest BCUT2D eigenvalue weighted by Crippen LogP contribution is 2.15. The Balaban J connectivity index is 2.07. The molecule has 1 aromatic carbocycles. The van der Waals surface area contributed by atoms with Gasteiger partial charge in [0, 0.05) is 15.4 Å². The molecule has 0 heterocycles. The minimum Gasteiger partial charge on any atom is -0.508 e. The lowest BCUT2D eigenvalue weighted by Gasteiger charge is -2.13. The fourth-order valence-corrected chi connectivity index (χ4v) is 2.58. The second-order valence-corrected chi connectivity index (χ2v) is 8.43. The van der Waals surface area contributed by atoms with Crippen LogP contribution in [0.3, 0.4) is 0 Å². The van der Waals surface area contributed by atoms with Gasteiger partial charge in [-0.05, 0) is 30.7 Å². The van der Waals surface area contributed by atoms with Gasteiger partial charge in [0.25, 0.3) is 0 Å². The zero-order valence-corrected chi connectivity index (χ0v) is 12.9. The van der Waals surface area contributed by atoms with Crippen LogP contribution in [-0.2, 0) is 4.74 Å². The van der Waals surface area contributed by atoms with Gasteiger partial charge in [0.2, 0.25) is 0 Å². The molecular formula is C14H24O4Si. The lowest BCUT2D eigenvalue weighted by molar-refractivity contribution is 0.0123. The molecule has 0 aliphatic rings. The van der Waals surface area contributed by atoms with Gasteiger partial charge in [-0.1, -0.05) is 19.1 Å². The molecule has 0 aliphatic carbocycles. The van der Waals surface area contributed by atoms with E-state index in [4.69, 9.17) is 14.6 Å². The third kappa shape index (κ3) is 7.87. The molecule has 0 spiro atoms. The molecule has 2 N–H and O–H groups in total. The molecule has 0 saturated heterocycles. The number of hydrogen-bond donors (Lipinski definition) is 2. The van der Waals surface area contributed by atoms with E-state index in [1.807, 2.05) is 0 Å². The Labute approximate surface area is 116 Å². The fraction of sp³-hybridized carbons (Fsp3) is 0.571. The van der Waals surface area contributed by atoms with Crippen LogP contribution < -0.4 is 4.74 Å². The van der Waals surface area contributed by atoms with Crippen molar-refractivity contribution in [3.05, 3.63) is 24.3 Å². The van der Waals surface area contributed by atoms with Gasteiger partial charge in [0.1, 0.15) is 24.2 Å². The summed E-state index contributed by atoms with van der Waals surface area (Å²) < 4.78 is 10.8. The molecule has 0 bridgehead atoms. The van der Waals surface area contributed by atoms with Crippen molar-refractivity contribution in [2.75, 3.05) is 19.8 Å². The highest BCUT2D eigenvalue weighted by molar-refractivity contribution is 6.55. The largest absolute Gasteiger partial charge is 0.508 e. The number of ether oxygens (including phenoxy) is 2. The number of rotatable bonds is 9. The van der Waals surface area contributed by atoms with Crippen molar-refractivity contribution in [2.45, 2.75) is 31.7 Å². The molecule has 0 fully saturated rings. The lowest BCUT2D eigenvalue weighted by Crippen LogP contribution is -2.23. The van der Waals surface area contributed by atoms with Gasteiger partial charge in [-0.15, -0.1) is 0 Å². The van der Waals surface area contributed by atoms with Crippen molar-refractivity contribution in [1.82, 2.24) is 0 Å². The van der Waals surface area contributed by atoms with E-state index >= 15 is 0 Å². The van der Waals surface area contributed by atoms with Crippen molar-refractivity contribution >= 4 is 8.80 Å². The first kappa shape index (κ1) is 16.0. The summed E-state index contributed by atoms with van der Waals surface area (Å²) >= 11 is 0. The number of aromatic hydroxyl groups is 1. The van der Waals surface area contributed by atoms with E-state index in [0.717, 1.165) is 6.42 Å². The predicted molar refractivity (Wildman–Crippen MR) is 78.7 cm³/mol. The Kier molecular flexibility index (Phi) is 7.55. The Bertz CT molecular complexity index is 340. The van der Waals surface area contributed by atoms with Crippen LogP contribution >= 0.6 is 0 Å². The van der Waals surface area contributed by atoms with Gasteiger partial charge in [-0.3, -0.25) is 0 Å². The van der Waals surface area contributed by atoms with Crippen molar-refractivity contribution < 1.29 is 19.7 Å². The third-order valence-corrected chi connectivity index (χ3v) is 4.22. The molecule has 1 atom stereocenters. The first-order chi connectivity index (χ1) is 9.08. The first-order valence-corrected chi connectivity index (χ1v) is 9.88. The van der Waals surface area contributed by atoms with Crippen LogP contribution in [0.4, 0.5) is 0 Å². The molecule has 4 nitrogen and oxygen atoms in total. The number of aliphatic hydroxyl groups is 1. The fourth-order valence-electron chi connectivity index (χ4n) is 1.60. The number of benzene rings is 1. The molecule has 0 aromatic heterocycles. The van der Waals surface area contributed by atoms with Crippen LogP contribution in [0.15, 0.2) is 24.3 Å². The summed E-state index contributed by atoms with van der Waals surface area (Å²) in [5.74, 6) is 0.826. The Morgan fingerprint density at radius 1 is 1.16 bits per heavy atom. The molecule has 5 heteroatoms. The summed E-state index contributed by atoms with van der Waals surface area (Å²) in [5.41, 5.74) is 0. The molecule has 0 radical (unpaired) electrons. The van der Waals surface area contributed by atoms with Gasteiger partial charge in [-0.25, -0.2) is 0 Å². The zero-order valence-electron chi connectivity index (χ0n) is 11.7. The summed E-state index contributed by atoms with van der Waals surface area (Å²) in [6.07, 6.45) is 0.459. The van der Waals surface area contributed by atoms with Crippen molar-refractivity contribution in [3.63, 3.8) is 0 Å². The van der Waals surface area contributed by atoms with Gasteiger partial charge < -0.3 is 19.7 Å². The van der Waals surface area contributed by atoms with E-state index in [9.17, 15) is 5.11 Å². The topological polar surface area (TPSA) is 58.9 Å². The Hall–Kier alpha value is -1.04. The molecule has 1 rings (SSSR count). The summed E-state index contributed by atoms with van der Waals surface area (Å²) in [7, 11) is -0.484. The Morgan fingerprint density at radius 3 is 2.47 bits per heavy atom. The summed E-state index contributed by atoms with van der Waals surface area (Å²) in [4.78, 5) is 0. The standard InChI is InChI=1S/C14H24O4Si/c1-19(2)9-3-8-17-10-13(16)11-18-14-6-4-12(15)5-7-14/h4-7,13,15-16,19H,3,8-11H2,1-2H3. The maximum atomic E-state index is 9.68. The summed E-state index contributed by atoms with van der Waals surface area (Å²) in [5, 5.41) is 18.8. The van der Waals surface area contributed by atoms with Crippen LogP contribution in [0.2, 0.25) is 19.1 Å². The zero-order chi connectivity index (χ0) is 14.1. The minimum atomic E-state index is -0.620. The molecule has 0 saturated carbocycles. The van der Waals surface area contributed by atoms with Crippen LogP contribution in [-0.4, -0.2) is 44.9 Å². The smallest absolute Gasteiger partial charge is 0.119 e. The lowest BCUT2D eigenvalue weighted by atomic mass is 10.3. The molecule has 0 aliphatic heterocycles. The second kappa shape index (κ2) is 8.96. The molecule has 1 unspecified atom stereocenters. The van der Waals surface area contributed by atoms with Crippen molar-refractivity contribution in [2.24, 2.45) is 0 Å². The molecular weight excluding hydrogens is 260 g/mol. The van der Waals surface area contributed by atoms with E-state index in [1.165, 1.54) is 6.04 Å². The molecule has 0 amide bonds. The third-order valence-electron chi connectivity index (χ3n) is 2.66. The SMILES string of the molecule is C[SiH](C)CCCOCC(O)COc1ccc(O)cc1. The second-order valence-electron chi connectivity index (χ2n) is 5.07. The van der Waals surface area contributed by atoms with Crippen LogP contribution in [0, 0.1) is 0 Å². The monoisotopic (exact) mass is 284 g/mol. The summed E-state index contributed by atoms with van der Waals surface area (Å²) in [6.45, 7) is 5.85. The quantitative estimate of drug-likeness (QED) is 0.538. The average Bonchev–Trinajstić information content (AvgIpc) is 2.37. The van der Waals surface area contributed by atoms with E-state index in [-0.39, 0.29) is 12.4 Å². The maximum Gasteiger partial charge on any atom is 0.119 e. The molecule has 19 heavy (non-hydrogen) atoms. The van der Waals surface area contributed by atoms with E-state index in [2.05, 4.69) is 13.1 Å². The van der Waals surface area contributed by atoms with E-state index in [1.54, 1.807) is 24.3 Å². The molecule has 108 valence electrons. The molecule has 1 aromatic rings. The highest BCUT2D eigenvalue weighted by atomic mass is 28.3. The van der Waals surface area contributed by atoms with Crippen molar-refractivity contribution in [3.8, 4) is 11.5 Å². The number of phenols is 1. The van der Waals surface area contributed by atoms with Gasteiger partial charge in [0.15, 0.2) is 0 Å². The van der Waals surface area contributed by atoms with Gasteiger partial charge in [-0.2, -0.15) is 0 Å². The highest BCUT2D eigenvalue weighted by Gasteiger charge is 2.06. The van der Waals surface area contributed by atoms with Crippen molar-refractivity contribution in [1.29, 1.82) is 0 Å². The predicted octanol–water partition coefficient (Wildman–Crippen LogP) is 2.03. The first-order valence-electron chi connectivity index (χ1n) is 6.75. The number of phenolic OH excluding ortho intramolecular Hbond substituents is 1. The summed E-state index contributed by atoms with van der Waals surface area (Å²) in [6, 6.07) is 7.70. The number of hydrogen-bond acceptors (Lipinski definition) is 4. The van der Waals surface area contributed by atoms with E-state index < -0.39 is 14.9 Å². The normalized spacial score (nSPS) is 12.6. The van der Waals surface area contributed by atoms with Crippen LogP contribution in [0.5, 0.6) is 11.5 Å². The number of aliphatic hydroxyl groups excluding tert-OH is 1. The van der Waals surface area contributed by atoms with Gasteiger partial charge in [0.05, 0.1) is 6.61 Å². The van der Waals surface area contributed by atoms with Crippen LogP contribution in [0.1, 0.15) is 6.42 Å². The minimum absolute atomic E-state index is 0.198. The van der Waals surface area contributed by atoms with Crippen LogP contribution in [0.25, 0.3) is 0 Å². The maximum absolute atomic E-state index is 9.68. The van der Waals surface area contributed by atoms with Gasteiger partial charge >= 0.3 is 0 Å². The average molecular weight is 284 g/mol. The van der Waals surface area contributed by atoms with E-state index in [0.29, 0.717) is 19.0 Å².